The van der Waals surface area contributed by atoms with Crippen LogP contribution in [0.4, 0.5) is 23.4 Å². The van der Waals surface area contributed by atoms with Crippen LogP contribution in [0.5, 0.6) is 5.75 Å². The second-order valence-corrected chi connectivity index (χ2v) is 7.63. The van der Waals surface area contributed by atoms with Gasteiger partial charge in [-0.05, 0) is 49.1 Å². The van der Waals surface area contributed by atoms with Crippen molar-refractivity contribution in [2.45, 2.75) is 46.1 Å². The van der Waals surface area contributed by atoms with E-state index in [-0.39, 0.29) is 20.3 Å². The number of pyridine rings is 2. The smallest absolute Gasteiger partial charge is 0.340 e. The third kappa shape index (κ3) is 8.66. The number of alkyl halides is 4. The van der Waals surface area contributed by atoms with Crippen LogP contribution in [0.2, 0.25) is 0 Å². The van der Waals surface area contributed by atoms with Crippen molar-refractivity contribution in [1.29, 1.82) is 0 Å². The molecule has 11 heteroatoms. The predicted molar refractivity (Wildman–Crippen MR) is 120 cm³/mol. The van der Waals surface area contributed by atoms with E-state index in [1.807, 2.05) is 12.9 Å². The zero-order valence-electron chi connectivity index (χ0n) is 18.9. The van der Waals surface area contributed by atoms with Gasteiger partial charge in [-0.1, -0.05) is 13.8 Å². The van der Waals surface area contributed by atoms with Gasteiger partial charge in [-0.3, -0.25) is 4.79 Å². The Hall–Kier alpha value is -3.24. The molecule has 0 aromatic carbocycles. The molecular weight excluding hydrogens is 444 g/mol. The summed E-state index contributed by atoms with van der Waals surface area (Å²) in [6.07, 6.45) is -1.12. The summed E-state index contributed by atoms with van der Waals surface area (Å²) < 4.78 is 55.3. The maximum atomic E-state index is 13.0. The SMILES string of the molecule is C=O.Cc1cc(C(=O)NC(C)c2ccnc(NCC(C)C)c2)ncc1OCC(F)(F)C(F)F.[HH].[HH]. The summed E-state index contributed by atoms with van der Waals surface area (Å²) in [7, 11) is 0. The number of anilines is 1. The number of halogens is 4. The maximum Gasteiger partial charge on any atom is 0.340 e. The third-order valence-electron chi connectivity index (χ3n) is 4.36. The summed E-state index contributed by atoms with van der Waals surface area (Å²) >= 11 is 0. The van der Waals surface area contributed by atoms with Gasteiger partial charge in [0, 0.05) is 15.6 Å². The van der Waals surface area contributed by atoms with Crippen molar-refractivity contribution in [3.63, 3.8) is 0 Å². The normalized spacial score (nSPS) is 12.1. The molecular formula is C22H32F4N4O3. The monoisotopic (exact) mass is 476 g/mol. The molecule has 0 saturated carbocycles. The van der Waals surface area contributed by atoms with Crippen LogP contribution in [0.3, 0.4) is 0 Å². The first kappa shape index (κ1) is 27.8. The first-order valence-electron chi connectivity index (χ1n) is 10.0. The minimum Gasteiger partial charge on any atom is -0.485 e. The zero-order chi connectivity index (χ0) is 25.2. The molecule has 0 radical (unpaired) electrons. The fraction of sp³-hybridized carbons (Fsp3) is 0.455. The number of nitrogens with one attached hydrogen (secondary N) is 2. The van der Waals surface area contributed by atoms with Gasteiger partial charge < -0.3 is 20.2 Å². The van der Waals surface area contributed by atoms with Gasteiger partial charge in [0.25, 0.3) is 5.91 Å². The zero-order valence-corrected chi connectivity index (χ0v) is 18.9. The number of carbonyl (C=O) groups excluding carboxylic acids is 2. The minimum atomic E-state index is -4.27. The standard InChI is InChI=1S/C21H26F4N4O2.CH2O.2H2/c1-12(2)9-28-18-8-15(5-6-26-18)14(4)29-19(30)16-7-13(3)17(10-27-16)31-11-21(24,25)20(22)23;1-2;;/h5-8,10,12,14,20H,9,11H2,1-4H3,(H,26,28)(H,29,30);1H2;2*1H. The van der Waals surface area contributed by atoms with E-state index in [1.54, 1.807) is 19.2 Å². The van der Waals surface area contributed by atoms with E-state index in [0.717, 1.165) is 18.3 Å². The van der Waals surface area contributed by atoms with Gasteiger partial charge in [-0.15, -0.1) is 0 Å². The van der Waals surface area contributed by atoms with Gasteiger partial charge in [0.15, 0.2) is 6.61 Å². The molecule has 7 nitrogen and oxygen atoms in total. The number of hydrogen-bond acceptors (Lipinski definition) is 6. The number of ether oxygens (including phenoxy) is 1. The predicted octanol–water partition coefficient (Wildman–Crippen LogP) is 4.93. The lowest BCUT2D eigenvalue weighted by Crippen LogP contribution is -2.34. The highest BCUT2D eigenvalue weighted by atomic mass is 19.3. The van der Waals surface area contributed by atoms with E-state index in [1.165, 1.54) is 13.0 Å². The number of amides is 1. The highest BCUT2D eigenvalue weighted by Crippen LogP contribution is 2.26. The van der Waals surface area contributed by atoms with E-state index in [9.17, 15) is 22.4 Å². The summed E-state index contributed by atoms with van der Waals surface area (Å²) in [5.74, 6) is -3.70. The lowest BCUT2D eigenvalue weighted by molar-refractivity contribution is -0.148. The van der Waals surface area contributed by atoms with Gasteiger partial charge >= 0.3 is 12.3 Å². The molecule has 2 aromatic heterocycles. The Morgan fingerprint density at radius 1 is 1.21 bits per heavy atom. The average Bonchev–Trinajstić information content (AvgIpc) is 2.78. The van der Waals surface area contributed by atoms with Crippen molar-refractivity contribution in [3.05, 3.63) is 47.4 Å². The molecule has 0 fully saturated rings. The van der Waals surface area contributed by atoms with Crippen LogP contribution in [-0.2, 0) is 4.79 Å². The molecule has 2 N–H and O–H groups in total. The topological polar surface area (TPSA) is 93.2 Å². The lowest BCUT2D eigenvalue weighted by atomic mass is 10.1. The first-order valence-corrected chi connectivity index (χ1v) is 10.0. The van der Waals surface area contributed by atoms with Crippen molar-refractivity contribution >= 4 is 18.5 Å². The number of rotatable bonds is 10. The lowest BCUT2D eigenvalue weighted by Gasteiger charge is -2.18. The molecule has 2 aromatic rings. The first-order chi connectivity index (χ1) is 15.5. The molecule has 0 saturated heterocycles. The van der Waals surface area contributed by atoms with Crippen LogP contribution in [0.1, 0.15) is 51.3 Å². The molecule has 1 atom stereocenters. The Morgan fingerprint density at radius 2 is 1.88 bits per heavy atom. The van der Waals surface area contributed by atoms with Crippen molar-refractivity contribution < 1.29 is 34.7 Å². The highest BCUT2D eigenvalue weighted by molar-refractivity contribution is 5.92. The number of aromatic nitrogens is 2. The van der Waals surface area contributed by atoms with E-state index in [2.05, 4.69) is 34.4 Å². The molecule has 0 aliphatic heterocycles. The quantitative estimate of drug-likeness (QED) is 0.473. The second-order valence-electron chi connectivity index (χ2n) is 7.63. The molecule has 186 valence electrons. The van der Waals surface area contributed by atoms with Crippen molar-refractivity contribution in [2.75, 3.05) is 18.5 Å². The molecule has 2 heterocycles. The van der Waals surface area contributed by atoms with Crippen LogP contribution >= 0.6 is 0 Å². The van der Waals surface area contributed by atoms with Crippen LogP contribution in [0.15, 0.2) is 30.6 Å². The highest BCUT2D eigenvalue weighted by Gasteiger charge is 2.41. The summed E-state index contributed by atoms with van der Waals surface area (Å²) in [6, 6.07) is 4.62. The third-order valence-corrected chi connectivity index (χ3v) is 4.36. The Morgan fingerprint density at radius 3 is 2.45 bits per heavy atom. The fourth-order valence-electron chi connectivity index (χ4n) is 2.53. The summed E-state index contributed by atoms with van der Waals surface area (Å²) in [6.45, 7) is 8.75. The number of aryl methyl sites for hydroxylation is 1. The maximum absolute atomic E-state index is 13.0. The molecule has 1 amide bonds. The number of carbonyl (C=O) groups is 2. The Bertz CT molecular complexity index is 924. The molecule has 2 rings (SSSR count). The summed E-state index contributed by atoms with van der Waals surface area (Å²) in [5.41, 5.74) is 1.20. The van der Waals surface area contributed by atoms with Gasteiger partial charge in [-0.2, -0.15) is 8.78 Å². The van der Waals surface area contributed by atoms with Crippen LogP contribution in [-0.4, -0.2) is 48.2 Å². The van der Waals surface area contributed by atoms with E-state index >= 15 is 0 Å². The minimum absolute atomic E-state index is 0. The number of hydrogen-bond donors (Lipinski definition) is 2. The van der Waals surface area contributed by atoms with E-state index in [0.29, 0.717) is 17.3 Å². The van der Waals surface area contributed by atoms with Crippen LogP contribution in [0, 0.1) is 12.8 Å². The molecule has 1 unspecified atom stereocenters. The van der Waals surface area contributed by atoms with Gasteiger partial charge in [-0.25, -0.2) is 18.7 Å². The molecule has 0 bridgehead atoms. The van der Waals surface area contributed by atoms with Crippen molar-refractivity contribution in [2.24, 2.45) is 5.92 Å². The van der Waals surface area contributed by atoms with Crippen LogP contribution in [0.25, 0.3) is 0 Å². The van der Waals surface area contributed by atoms with Crippen molar-refractivity contribution in [1.82, 2.24) is 15.3 Å². The summed E-state index contributed by atoms with van der Waals surface area (Å²) in [4.78, 5) is 28.7. The number of nitrogens with zero attached hydrogens (tertiary/aromatic N) is 2. The largest absolute Gasteiger partial charge is 0.485 e. The van der Waals surface area contributed by atoms with Gasteiger partial charge in [0.2, 0.25) is 0 Å². The Balaban J connectivity index is 0. The van der Waals surface area contributed by atoms with E-state index < -0.39 is 24.9 Å². The Labute approximate surface area is 192 Å². The van der Waals surface area contributed by atoms with Crippen molar-refractivity contribution in [3.8, 4) is 5.75 Å². The molecule has 33 heavy (non-hydrogen) atoms. The molecule has 0 aliphatic carbocycles. The van der Waals surface area contributed by atoms with Crippen LogP contribution < -0.4 is 15.4 Å². The Kier molecular flexibility index (Phi) is 10.7. The molecule has 0 spiro atoms. The average molecular weight is 477 g/mol. The van der Waals surface area contributed by atoms with Gasteiger partial charge in [0.05, 0.1) is 12.2 Å². The van der Waals surface area contributed by atoms with E-state index in [4.69, 9.17) is 9.53 Å². The fourth-order valence-corrected chi connectivity index (χ4v) is 2.53. The summed E-state index contributed by atoms with van der Waals surface area (Å²) in [5, 5.41) is 6.02. The second kappa shape index (κ2) is 12.7. The molecule has 0 aliphatic rings. The van der Waals surface area contributed by atoms with Gasteiger partial charge in [0.1, 0.15) is 24.1 Å².